The molecule has 3 aromatic rings. The Morgan fingerprint density at radius 2 is 1.97 bits per heavy atom. The number of benzene rings is 2. The number of thioether (sulfide) groups is 1. The fourth-order valence-electron chi connectivity index (χ4n) is 5.69. The van der Waals surface area contributed by atoms with E-state index in [1.54, 1.807) is 18.9 Å². The number of nitrogens with zero attached hydrogens (tertiary/aromatic N) is 2. The summed E-state index contributed by atoms with van der Waals surface area (Å²) >= 11 is 1.74. The van der Waals surface area contributed by atoms with E-state index in [1.165, 1.54) is 17.7 Å². The molecule has 0 amide bonds. The predicted molar refractivity (Wildman–Crippen MR) is 140 cm³/mol. The average molecular weight is 485 g/mol. The standard InChI is InChI=1S/C27H32N2O2S.ClH/c1-4-17-16-29-12-11-19(17)13-26(29)27(30)23-15-25(18-5-8-21(32-3)9-6-18)28-24-10-7-20(31-2)14-22(23)24;/h5-10,14-15,17,19,26-27,30H,4,11-13,16H2,1-3H3;1H/t17-,19-,26-,27+;/m0./s1. The number of hydrogen-bond donors (Lipinski definition) is 1. The fraction of sp³-hybridized carbons (Fsp3) is 0.444. The highest BCUT2D eigenvalue weighted by Crippen LogP contribution is 2.43. The SMILES string of the molecule is CC[C@H]1CN2CC[C@H]1C[C@H]2[C@H](O)c1cc(-c2ccc(SC)cc2)nc2ccc(OC)cc12.Cl. The van der Waals surface area contributed by atoms with Crippen molar-refractivity contribution in [3.8, 4) is 17.0 Å². The minimum Gasteiger partial charge on any atom is -0.497 e. The van der Waals surface area contributed by atoms with E-state index in [-0.39, 0.29) is 18.4 Å². The Balaban J connectivity index is 0.00000259. The maximum atomic E-state index is 11.7. The second-order valence-electron chi connectivity index (χ2n) is 9.17. The number of hydrogen-bond acceptors (Lipinski definition) is 5. The molecule has 0 saturated carbocycles. The highest BCUT2D eigenvalue weighted by molar-refractivity contribution is 7.98. The van der Waals surface area contributed by atoms with Gasteiger partial charge in [-0.2, -0.15) is 0 Å². The number of aliphatic hydroxyl groups is 1. The van der Waals surface area contributed by atoms with Crippen LogP contribution in [0.15, 0.2) is 53.4 Å². The molecule has 33 heavy (non-hydrogen) atoms. The lowest BCUT2D eigenvalue weighted by Gasteiger charge is -2.51. The molecule has 176 valence electrons. The highest BCUT2D eigenvalue weighted by Gasteiger charge is 2.42. The van der Waals surface area contributed by atoms with Crippen molar-refractivity contribution in [1.82, 2.24) is 9.88 Å². The molecule has 0 aliphatic carbocycles. The zero-order chi connectivity index (χ0) is 22.2. The third-order valence-electron chi connectivity index (χ3n) is 7.58. The summed E-state index contributed by atoms with van der Waals surface area (Å²) in [5.41, 5.74) is 3.84. The zero-order valence-electron chi connectivity index (χ0n) is 19.5. The van der Waals surface area contributed by atoms with E-state index < -0.39 is 6.10 Å². The summed E-state index contributed by atoms with van der Waals surface area (Å²) in [6.07, 6.45) is 5.11. The second-order valence-corrected chi connectivity index (χ2v) is 10.0. The molecule has 5 atom stereocenters. The number of methoxy groups -OCH3 is 1. The van der Waals surface area contributed by atoms with E-state index in [4.69, 9.17) is 9.72 Å². The molecule has 6 rings (SSSR count). The van der Waals surface area contributed by atoms with Gasteiger partial charge >= 0.3 is 0 Å². The molecule has 0 radical (unpaired) electrons. The lowest BCUT2D eigenvalue weighted by Crippen LogP contribution is -2.55. The molecule has 3 fully saturated rings. The second kappa shape index (κ2) is 10.2. The number of halogens is 1. The van der Waals surface area contributed by atoms with Crippen LogP contribution in [0.1, 0.15) is 37.9 Å². The highest BCUT2D eigenvalue weighted by atomic mass is 35.5. The first-order valence-electron chi connectivity index (χ1n) is 11.7. The van der Waals surface area contributed by atoms with Crippen LogP contribution in [-0.4, -0.2) is 47.5 Å². The van der Waals surface area contributed by atoms with Crippen molar-refractivity contribution in [1.29, 1.82) is 0 Å². The monoisotopic (exact) mass is 484 g/mol. The largest absolute Gasteiger partial charge is 0.497 e. The van der Waals surface area contributed by atoms with E-state index in [2.05, 4.69) is 48.4 Å². The molecule has 4 heterocycles. The Labute approximate surface area is 207 Å². The summed E-state index contributed by atoms with van der Waals surface area (Å²) in [7, 11) is 1.68. The van der Waals surface area contributed by atoms with E-state index in [0.717, 1.165) is 64.8 Å². The summed E-state index contributed by atoms with van der Waals surface area (Å²) < 4.78 is 5.50. The summed E-state index contributed by atoms with van der Waals surface area (Å²) in [5, 5.41) is 12.7. The van der Waals surface area contributed by atoms with Crippen molar-refractivity contribution in [2.24, 2.45) is 11.8 Å². The lowest BCUT2D eigenvalue weighted by molar-refractivity contribution is -0.0562. The Morgan fingerprint density at radius 1 is 1.18 bits per heavy atom. The van der Waals surface area contributed by atoms with Gasteiger partial charge in [0.05, 0.1) is 24.4 Å². The quantitative estimate of drug-likeness (QED) is 0.421. The first-order chi connectivity index (χ1) is 15.6. The first kappa shape index (κ1) is 24.3. The van der Waals surface area contributed by atoms with Crippen LogP contribution in [0.5, 0.6) is 5.75 Å². The van der Waals surface area contributed by atoms with Crippen molar-refractivity contribution >= 4 is 35.1 Å². The van der Waals surface area contributed by atoms with Crippen molar-refractivity contribution in [2.75, 3.05) is 26.5 Å². The number of fused-ring (bicyclic) bond motifs is 4. The minimum atomic E-state index is -0.544. The number of ether oxygens (including phenoxy) is 1. The zero-order valence-corrected chi connectivity index (χ0v) is 21.2. The molecule has 3 aliphatic rings. The van der Waals surface area contributed by atoms with Gasteiger partial charge in [-0.05, 0) is 79.4 Å². The van der Waals surface area contributed by atoms with Gasteiger partial charge in [-0.15, -0.1) is 24.2 Å². The minimum absolute atomic E-state index is 0. The van der Waals surface area contributed by atoms with Gasteiger partial charge in [0, 0.05) is 28.4 Å². The van der Waals surface area contributed by atoms with Crippen molar-refractivity contribution in [2.45, 2.75) is 43.2 Å². The molecular formula is C27H33ClN2O2S. The van der Waals surface area contributed by atoms with Crippen LogP contribution in [-0.2, 0) is 0 Å². The summed E-state index contributed by atoms with van der Waals surface area (Å²) in [4.78, 5) is 8.71. The molecule has 4 nitrogen and oxygen atoms in total. The van der Waals surface area contributed by atoms with Crippen LogP contribution in [0.25, 0.3) is 22.2 Å². The number of aliphatic hydroxyl groups excluding tert-OH is 1. The predicted octanol–water partition coefficient (Wildman–Crippen LogP) is 6.21. The Bertz CT molecular complexity index is 1110. The maximum Gasteiger partial charge on any atom is 0.119 e. The molecule has 1 N–H and O–H groups in total. The van der Waals surface area contributed by atoms with Gasteiger partial charge in [0.1, 0.15) is 5.75 Å². The van der Waals surface area contributed by atoms with Gasteiger partial charge in [-0.3, -0.25) is 4.90 Å². The molecule has 1 unspecified atom stereocenters. The van der Waals surface area contributed by atoms with E-state index >= 15 is 0 Å². The molecule has 2 bridgehead atoms. The normalized spacial score (nSPS) is 25.0. The molecular weight excluding hydrogens is 452 g/mol. The Kier molecular flexibility index (Phi) is 7.54. The topological polar surface area (TPSA) is 45.6 Å². The van der Waals surface area contributed by atoms with Crippen LogP contribution >= 0.6 is 24.2 Å². The third kappa shape index (κ3) is 4.61. The summed E-state index contributed by atoms with van der Waals surface area (Å²) in [6.45, 7) is 4.51. The number of rotatable bonds is 6. The Morgan fingerprint density at radius 3 is 2.61 bits per heavy atom. The van der Waals surface area contributed by atoms with Gasteiger partial charge in [0.2, 0.25) is 0 Å². The van der Waals surface area contributed by atoms with Gasteiger partial charge in [0.15, 0.2) is 0 Å². The number of aromatic nitrogens is 1. The Hall–Kier alpha value is -1.79. The molecule has 3 saturated heterocycles. The third-order valence-corrected chi connectivity index (χ3v) is 8.32. The van der Waals surface area contributed by atoms with Crippen LogP contribution < -0.4 is 4.74 Å². The maximum absolute atomic E-state index is 11.7. The van der Waals surface area contributed by atoms with E-state index in [1.807, 2.05) is 18.2 Å². The van der Waals surface area contributed by atoms with Crippen LogP contribution in [0, 0.1) is 11.8 Å². The first-order valence-corrected chi connectivity index (χ1v) is 12.9. The summed E-state index contributed by atoms with van der Waals surface area (Å²) in [6, 6.07) is 16.7. The lowest BCUT2D eigenvalue weighted by atomic mass is 9.72. The molecule has 3 aliphatic heterocycles. The van der Waals surface area contributed by atoms with Gasteiger partial charge in [-0.25, -0.2) is 4.98 Å². The van der Waals surface area contributed by atoms with Crippen molar-refractivity contribution in [3.63, 3.8) is 0 Å². The van der Waals surface area contributed by atoms with E-state index in [9.17, 15) is 5.11 Å². The van der Waals surface area contributed by atoms with Gasteiger partial charge in [-0.1, -0.05) is 25.5 Å². The van der Waals surface area contributed by atoms with E-state index in [0.29, 0.717) is 0 Å². The molecule has 6 heteroatoms. The van der Waals surface area contributed by atoms with Gasteiger partial charge in [0.25, 0.3) is 0 Å². The smallest absolute Gasteiger partial charge is 0.119 e. The van der Waals surface area contributed by atoms with Crippen LogP contribution in [0.3, 0.4) is 0 Å². The number of piperidine rings is 3. The van der Waals surface area contributed by atoms with Crippen LogP contribution in [0.2, 0.25) is 0 Å². The van der Waals surface area contributed by atoms with Crippen LogP contribution in [0.4, 0.5) is 0 Å². The summed E-state index contributed by atoms with van der Waals surface area (Å²) in [5.74, 6) is 2.29. The van der Waals surface area contributed by atoms with Crippen molar-refractivity contribution in [3.05, 3.63) is 54.1 Å². The average Bonchev–Trinajstić information content (AvgIpc) is 2.87. The fourth-order valence-corrected chi connectivity index (χ4v) is 6.10. The molecule has 2 aromatic carbocycles. The number of pyridine rings is 1. The van der Waals surface area contributed by atoms with Crippen molar-refractivity contribution < 1.29 is 9.84 Å². The molecule has 0 spiro atoms. The molecule has 1 aromatic heterocycles. The van der Waals surface area contributed by atoms with Gasteiger partial charge < -0.3 is 9.84 Å².